The average molecular weight is 389 g/mol. The minimum absolute atomic E-state index is 0.00569. The summed E-state index contributed by atoms with van der Waals surface area (Å²) in [4.78, 5) is 17.4. The second-order valence-electron chi connectivity index (χ2n) is 6.68. The molecule has 1 aliphatic rings. The number of aryl methyl sites for hydroxylation is 1. The summed E-state index contributed by atoms with van der Waals surface area (Å²) in [6.45, 7) is 0.427. The van der Waals surface area contributed by atoms with Crippen molar-refractivity contribution in [2.45, 2.75) is 38.2 Å². The van der Waals surface area contributed by atoms with E-state index in [9.17, 15) is 9.18 Å². The highest BCUT2D eigenvalue weighted by molar-refractivity contribution is 6.30. The molecule has 2 aromatic rings. The summed E-state index contributed by atoms with van der Waals surface area (Å²) < 4.78 is 13.2. The summed E-state index contributed by atoms with van der Waals surface area (Å²) in [5.41, 5.74) is 2.90. The molecule has 1 N–H and O–H groups in total. The lowest BCUT2D eigenvalue weighted by molar-refractivity contribution is -0.121. The van der Waals surface area contributed by atoms with E-state index in [2.05, 4.69) is 10.5 Å². The zero-order chi connectivity index (χ0) is 19.1. The minimum Gasteiger partial charge on any atom is -0.390 e. The summed E-state index contributed by atoms with van der Waals surface area (Å²) in [5.74, 6) is -0.249. The van der Waals surface area contributed by atoms with Crippen LogP contribution in [0.15, 0.2) is 53.7 Å². The molecule has 1 unspecified atom stereocenters. The van der Waals surface area contributed by atoms with Crippen LogP contribution in [0.3, 0.4) is 0 Å². The van der Waals surface area contributed by atoms with Gasteiger partial charge in [0.25, 0.3) is 0 Å². The first-order valence-electron chi connectivity index (χ1n) is 9.05. The van der Waals surface area contributed by atoms with Crippen LogP contribution in [0.4, 0.5) is 4.39 Å². The van der Waals surface area contributed by atoms with Gasteiger partial charge in [-0.05, 0) is 48.2 Å². The fraction of sp³-hybridized carbons (Fsp3) is 0.333. The lowest BCUT2D eigenvalue weighted by Gasteiger charge is -2.10. The van der Waals surface area contributed by atoms with Gasteiger partial charge in [0.2, 0.25) is 5.91 Å². The van der Waals surface area contributed by atoms with Crippen molar-refractivity contribution in [3.05, 3.63) is 70.5 Å². The Bertz CT molecular complexity index is 808. The van der Waals surface area contributed by atoms with E-state index in [0.717, 1.165) is 24.1 Å². The molecule has 1 heterocycles. The Balaban J connectivity index is 1.32. The highest BCUT2D eigenvalue weighted by atomic mass is 35.5. The molecular formula is C21H22ClFN2O2. The molecule has 0 saturated carbocycles. The number of nitrogens with one attached hydrogen (secondary N) is 1. The van der Waals surface area contributed by atoms with E-state index in [0.29, 0.717) is 30.8 Å². The van der Waals surface area contributed by atoms with Crippen molar-refractivity contribution < 1.29 is 14.0 Å². The largest absolute Gasteiger partial charge is 0.390 e. The molecule has 0 aliphatic carbocycles. The predicted molar refractivity (Wildman–Crippen MR) is 104 cm³/mol. The lowest BCUT2D eigenvalue weighted by atomic mass is 10.0. The summed E-state index contributed by atoms with van der Waals surface area (Å²) in [6.07, 6.45) is 3.12. The van der Waals surface area contributed by atoms with Crippen LogP contribution in [0.5, 0.6) is 0 Å². The second kappa shape index (κ2) is 9.51. The van der Waals surface area contributed by atoms with Crippen LogP contribution in [-0.2, 0) is 22.5 Å². The van der Waals surface area contributed by atoms with E-state index in [-0.39, 0.29) is 17.8 Å². The van der Waals surface area contributed by atoms with Crippen LogP contribution < -0.4 is 5.32 Å². The van der Waals surface area contributed by atoms with Crippen molar-refractivity contribution in [1.29, 1.82) is 0 Å². The van der Waals surface area contributed by atoms with Crippen LogP contribution >= 0.6 is 11.6 Å². The maximum Gasteiger partial charge on any atom is 0.220 e. The minimum atomic E-state index is -0.255. The van der Waals surface area contributed by atoms with Crippen molar-refractivity contribution in [3.63, 3.8) is 0 Å². The van der Waals surface area contributed by atoms with Crippen LogP contribution in [0.25, 0.3) is 0 Å². The molecule has 142 valence electrons. The van der Waals surface area contributed by atoms with Gasteiger partial charge in [0.05, 0.1) is 12.3 Å². The van der Waals surface area contributed by atoms with Gasteiger partial charge >= 0.3 is 0 Å². The van der Waals surface area contributed by atoms with Gasteiger partial charge in [-0.1, -0.05) is 41.0 Å². The molecule has 1 aliphatic heterocycles. The zero-order valence-electron chi connectivity index (χ0n) is 15.0. The molecule has 0 spiro atoms. The Morgan fingerprint density at radius 1 is 1.22 bits per heavy atom. The molecule has 0 saturated heterocycles. The van der Waals surface area contributed by atoms with Gasteiger partial charge in [0, 0.05) is 24.3 Å². The van der Waals surface area contributed by atoms with Gasteiger partial charge in [-0.3, -0.25) is 4.79 Å². The Morgan fingerprint density at radius 3 is 2.81 bits per heavy atom. The summed E-state index contributed by atoms with van der Waals surface area (Å²) in [5, 5.41) is 7.67. The average Bonchev–Trinajstić information content (AvgIpc) is 3.09. The number of rotatable bonds is 8. The third-order valence-electron chi connectivity index (χ3n) is 4.40. The first-order chi connectivity index (χ1) is 13.1. The Labute approximate surface area is 163 Å². The number of amides is 1. The van der Waals surface area contributed by atoms with Gasteiger partial charge in [-0.25, -0.2) is 4.39 Å². The second-order valence-corrected chi connectivity index (χ2v) is 7.12. The molecule has 3 rings (SSSR count). The Hall–Kier alpha value is -2.40. The smallest absolute Gasteiger partial charge is 0.220 e. The van der Waals surface area contributed by atoms with Gasteiger partial charge < -0.3 is 10.2 Å². The molecular weight excluding hydrogens is 367 g/mol. The Kier molecular flexibility index (Phi) is 6.82. The highest BCUT2D eigenvalue weighted by Crippen LogP contribution is 2.15. The molecule has 0 fully saturated rings. The van der Waals surface area contributed by atoms with E-state index < -0.39 is 0 Å². The first-order valence-corrected chi connectivity index (χ1v) is 9.43. The summed E-state index contributed by atoms with van der Waals surface area (Å²) in [6, 6.07) is 14.1. The fourth-order valence-corrected chi connectivity index (χ4v) is 3.13. The standard InChI is InChI=1S/C21H22ClFN2O2/c22-17-9-7-15(8-10-17)3-2-6-21(26)24-14-20-13-19(25-27-20)12-16-4-1-5-18(23)11-16/h1,4-5,7-11,20H,2-3,6,12-14H2,(H,24,26). The maximum atomic E-state index is 13.2. The van der Waals surface area contributed by atoms with E-state index in [1.807, 2.05) is 30.3 Å². The van der Waals surface area contributed by atoms with Crippen LogP contribution in [0.1, 0.15) is 30.4 Å². The number of oxime groups is 1. The van der Waals surface area contributed by atoms with Crippen LogP contribution in [0, 0.1) is 5.82 Å². The summed E-state index contributed by atoms with van der Waals surface area (Å²) >= 11 is 5.86. The number of halogens is 2. The van der Waals surface area contributed by atoms with Gasteiger partial charge in [0.1, 0.15) is 11.9 Å². The third kappa shape index (κ3) is 6.36. The topological polar surface area (TPSA) is 50.7 Å². The van der Waals surface area contributed by atoms with E-state index in [4.69, 9.17) is 16.4 Å². The third-order valence-corrected chi connectivity index (χ3v) is 4.65. The monoisotopic (exact) mass is 388 g/mol. The maximum absolute atomic E-state index is 13.2. The van der Waals surface area contributed by atoms with Crippen molar-refractivity contribution >= 4 is 23.2 Å². The predicted octanol–water partition coefficient (Wildman–Crippen LogP) is 4.31. The van der Waals surface area contributed by atoms with Crippen molar-refractivity contribution in [2.75, 3.05) is 6.54 Å². The van der Waals surface area contributed by atoms with Crippen molar-refractivity contribution in [2.24, 2.45) is 5.16 Å². The number of benzene rings is 2. The molecule has 1 atom stereocenters. The molecule has 0 radical (unpaired) electrons. The molecule has 1 amide bonds. The van der Waals surface area contributed by atoms with Crippen LogP contribution in [0.2, 0.25) is 5.02 Å². The van der Waals surface area contributed by atoms with Crippen LogP contribution in [-0.4, -0.2) is 24.3 Å². The SMILES string of the molecule is O=C(CCCc1ccc(Cl)cc1)NCC1CC(Cc2cccc(F)c2)=NO1. The molecule has 0 bridgehead atoms. The molecule has 6 heteroatoms. The molecule has 0 aromatic heterocycles. The molecule has 27 heavy (non-hydrogen) atoms. The summed E-state index contributed by atoms with van der Waals surface area (Å²) in [7, 11) is 0. The molecule has 2 aromatic carbocycles. The fourth-order valence-electron chi connectivity index (χ4n) is 3.00. The van der Waals surface area contributed by atoms with Crippen molar-refractivity contribution in [1.82, 2.24) is 5.32 Å². The number of carbonyl (C=O) groups excluding carboxylic acids is 1. The number of nitrogens with zero attached hydrogens (tertiary/aromatic N) is 1. The highest BCUT2D eigenvalue weighted by Gasteiger charge is 2.21. The van der Waals surface area contributed by atoms with E-state index >= 15 is 0 Å². The van der Waals surface area contributed by atoms with Gasteiger partial charge in [-0.15, -0.1) is 0 Å². The van der Waals surface area contributed by atoms with Gasteiger partial charge in [0.15, 0.2) is 0 Å². The first kappa shape index (κ1) is 19.4. The van der Waals surface area contributed by atoms with E-state index in [1.54, 1.807) is 6.07 Å². The molecule has 4 nitrogen and oxygen atoms in total. The van der Waals surface area contributed by atoms with Gasteiger partial charge in [-0.2, -0.15) is 0 Å². The number of hydrogen-bond acceptors (Lipinski definition) is 3. The van der Waals surface area contributed by atoms with Crippen molar-refractivity contribution in [3.8, 4) is 0 Å². The van der Waals surface area contributed by atoms with E-state index in [1.165, 1.54) is 17.7 Å². The quantitative estimate of drug-likeness (QED) is 0.732. The zero-order valence-corrected chi connectivity index (χ0v) is 15.7. The lowest BCUT2D eigenvalue weighted by Crippen LogP contribution is -2.32. The number of hydrogen-bond donors (Lipinski definition) is 1. The number of carbonyl (C=O) groups is 1. The normalized spacial score (nSPS) is 15.9. The Morgan fingerprint density at radius 2 is 2.04 bits per heavy atom.